The number of thiazole rings is 1. The molecule has 20 heavy (non-hydrogen) atoms. The second kappa shape index (κ2) is 7.55. The molecule has 0 aliphatic carbocycles. The molecule has 2 aromatic rings. The van der Waals surface area contributed by atoms with Gasteiger partial charge in [0.1, 0.15) is 0 Å². The van der Waals surface area contributed by atoms with Crippen molar-refractivity contribution in [3.05, 3.63) is 46.5 Å². The van der Waals surface area contributed by atoms with E-state index in [4.69, 9.17) is 0 Å². The zero-order chi connectivity index (χ0) is 14.4. The summed E-state index contributed by atoms with van der Waals surface area (Å²) in [6.07, 6.45) is 2.93. The minimum absolute atomic E-state index is 0.0757. The Balaban J connectivity index is 1.88. The fourth-order valence-electron chi connectivity index (χ4n) is 1.88. The predicted molar refractivity (Wildman–Crippen MR) is 87.8 cm³/mol. The average Bonchev–Trinajstić information content (AvgIpc) is 2.85. The van der Waals surface area contributed by atoms with Gasteiger partial charge < -0.3 is 5.32 Å². The molecule has 0 bridgehead atoms. The summed E-state index contributed by atoms with van der Waals surface area (Å²) in [6, 6.07) is 8.72. The number of hydrogen-bond acceptors (Lipinski definition) is 3. The van der Waals surface area contributed by atoms with Crippen molar-refractivity contribution in [2.24, 2.45) is 0 Å². The summed E-state index contributed by atoms with van der Waals surface area (Å²) in [4.78, 5) is 15.3. The Bertz CT molecular complexity index is 566. The summed E-state index contributed by atoms with van der Waals surface area (Å²) in [5.41, 5.74) is 3.70. The van der Waals surface area contributed by atoms with Gasteiger partial charge >= 0.3 is 0 Å². The van der Waals surface area contributed by atoms with Crippen LogP contribution in [-0.2, 0) is 24.1 Å². The van der Waals surface area contributed by atoms with E-state index >= 15 is 0 Å². The molecular weight excluding hydrogens is 336 g/mol. The number of nitrogens with zero attached hydrogens (tertiary/aromatic N) is 1. The number of amides is 1. The topological polar surface area (TPSA) is 42.0 Å². The number of anilines is 1. The standard InChI is InChI=1S/C15H17BrN2OS/c1-11(19)17-15-18-14(10-20-15)7-6-12-2-4-13(5-3-12)8-9-16/h2-5,10H,6-9H2,1H3,(H,17,18,19). The molecule has 3 nitrogen and oxygen atoms in total. The van der Waals surface area contributed by atoms with Crippen LogP contribution >= 0.6 is 27.3 Å². The number of hydrogen-bond donors (Lipinski definition) is 1. The molecule has 0 fully saturated rings. The van der Waals surface area contributed by atoms with E-state index in [1.807, 2.05) is 5.38 Å². The first-order chi connectivity index (χ1) is 9.67. The van der Waals surface area contributed by atoms with Gasteiger partial charge in [0.15, 0.2) is 5.13 Å². The van der Waals surface area contributed by atoms with Crippen molar-refractivity contribution in [2.75, 3.05) is 10.6 Å². The van der Waals surface area contributed by atoms with E-state index in [1.165, 1.54) is 29.4 Å². The first-order valence-electron chi connectivity index (χ1n) is 6.53. The number of nitrogens with one attached hydrogen (secondary N) is 1. The second-order valence-corrected chi connectivity index (χ2v) is 6.23. The van der Waals surface area contributed by atoms with Crippen LogP contribution in [0.2, 0.25) is 0 Å². The van der Waals surface area contributed by atoms with Crippen LogP contribution in [0.5, 0.6) is 0 Å². The van der Waals surface area contributed by atoms with Gasteiger partial charge in [0.2, 0.25) is 5.91 Å². The van der Waals surface area contributed by atoms with Gasteiger partial charge in [-0.25, -0.2) is 4.98 Å². The molecule has 1 aromatic heterocycles. The first-order valence-corrected chi connectivity index (χ1v) is 8.53. The Morgan fingerprint density at radius 3 is 2.45 bits per heavy atom. The van der Waals surface area contributed by atoms with E-state index in [1.54, 1.807) is 0 Å². The van der Waals surface area contributed by atoms with Gasteiger partial charge in [-0.2, -0.15) is 0 Å². The van der Waals surface area contributed by atoms with E-state index in [0.717, 1.165) is 30.3 Å². The number of aryl methyl sites for hydroxylation is 3. The lowest BCUT2D eigenvalue weighted by atomic mass is 10.1. The van der Waals surface area contributed by atoms with Gasteiger partial charge in [0.25, 0.3) is 0 Å². The number of alkyl halides is 1. The smallest absolute Gasteiger partial charge is 0.223 e. The monoisotopic (exact) mass is 352 g/mol. The Labute approximate surface area is 131 Å². The molecule has 1 aromatic carbocycles. The van der Waals surface area contributed by atoms with E-state index in [9.17, 15) is 4.79 Å². The van der Waals surface area contributed by atoms with Gasteiger partial charge in [-0.1, -0.05) is 40.2 Å². The molecule has 1 N–H and O–H groups in total. The van der Waals surface area contributed by atoms with Crippen LogP contribution in [0.1, 0.15) is 23.7 Å². The zero-order valence-corrected chi connectivity index (χ0v) is 13.8. The second-order valence-electron chi connectivity index (χ2n) is 4.58. The fraction of sp³-hybridized carbons (Fsp3) is 0.333. The normalized spacial score (nSPS) is 10.5. The van der Waals surface area contributed by atoms with Crippen molar-refractivity contribution < 1.29 is 4.79 Å². The van der Waals surface area contributed by atoms with Crippen LogP contribution in [-0.4, -0.2) is 16.2 Å². The highest BCUT2D eigenvalue weighted by Crippen LogP contribution is 2.17. The van der Waals surface area contributed by atoms with Crippen LogP contribution in [0.25, 0.3) is 0 Å². The van der Waals surface area contributed by atoms with E-state index in [0.29, 0.717) is 5.13 Å². The summed E-state index contributed by atoms with van der Waals surface area (Å²) in [5, 5.41) is 6.39. The van der Waals surface area contributed by atoms with Crippen molar-refractivity contribution in [3.8, 4) is 0 Å². The number of carbonyl (C=O) groups is 1. The molecule has 0 saturated carbocycles. The molecule has 106 valence electrons. The van der Waals surface area contributed by atoms with Crippen LogP contribution in [0.4, 0.5) is 5.13 Å². The molecule has 0 aliphatic heterocycles. The van der Waals surface area contributed by atoms with Gasteiger partial charge in [-0.3, -0.25) is 4.79 Å². The van der Waals surface area contributed by atoms with Crippen LogP contribution in [0.3, 0.4) is 0 Å². The Morgan fingerprint density at radius 1 is 1.20 bits per heavy atom. The maximum Gasteiger partial charge on any atom is 0.223 e. The molecule has 0 radical (unpaired) electrons. The van der Waals surface area contributed by atoms with Crippen LogP contribution in [0, 0.1) is 0 Å². The SMILES string of the molecule is CC(=O)Nc1nc(CCc2ccc(CCBr)cc2)cs1. The molecule has 2 rings (SSSR count). The summed E-state index contributed by atoms with van der Waals surface area (Å²) in [5.74, 6) is -0.0757. The van der Waals surface area contributed by atoms with E-state index in [-0.39, 0.29) is 5.91 Å². The van der Waals surface area contributed by atoms with Crippen molar-refractivity contribution in [1.82, 2.24) is 4.98 Å². The number of benzene rings is 1. The summed E-state index contributed by atoms with van der Waals surface area (Å²) in [6.45, 7) is 1.50. The third kappa shape index (κ3) is 4.72. The highest BCUT2D eigenvalue weighted by Gasteiger charge is 2.04. The van der Waals surface area contributed by atoms with E-state index < -0.39 is 0 Å². The summed E-state index contributed by atoms with van der Waals surface area (Å²) < 4.78 is 0. The molecular formula is C15H17BrN2OS. The lowest BCUT2D eigenvalue weighted by molar-refractivity contribution is -0.114. The number of aromatic nitrogens is 1. The molecule has 0 atom stereocenters. The van der Waals surface area contributed by atoms with Crippen molar-refractivity contribution in [2.45, 2.75) is 26.2 Å². The van der Waals surface area contributed by atoms with Gasteiger partial charge in [0.05, 0.1) is 5.69 Å². The zero-order valence-electron chi connectivity index (χ0n) is 11.4. The third-order valence-corrected chi connectivity index (χ3v) is 4.11. The number of carbonyl (C=O) groups excluding carboxylic acids is 1. The average molecular weight is 353 g/mol. The maximum atomic E-state index is 10.9. The maximum absolute atomic E-state index is 10.9. The molecule has 0 saturated heterocycles. The van der Waals surface area contributed by atoms with E-state index in [2.05, 4.69) is 50.5 Å². The van der Waals surface area contributed by atoms with Crippen molar-refractivity contribution in [1.29, 1.82) is 0 Å². The highest BCUT2D eigenvalue weighted by molar-refractivity contribution is 9.09. The van der Waals surface area contributed by atoms with Gasteiger partial charge in [-0.15, -0.1) is 11.3 Å². The van der Waals surface area contributed by atoms with Crippen LogP contribution in [0.15, 0.2) is 29.6 Å². The molecule has 0 aliphatic rings. The number of halogens is 1. The van der Waals surface area contributed by atoms with Gasteiger partial charge in [0, 0.05) is 17.6 Å². The Kier molecular flexibility index (Phi) is 5.73. The minimum Gasteiger partial charge on any atom is -0.302 e. The third-order valence-electron chi connectivity index (χ3n) is 2.91. The summed E-state index contributed by atoms with van der Waals surface area (Å²) >= 11 is 4.92. The largest absolute Gasteiger partial charge is 0.302 e. The van der Waals surface area contributed by atoms with Crippen molar-refractivity contribution >= 4 is 38.3 Å². The molecule has 1 heterocycles. The quantitative estimate of drug-likeness (QED) is 0.802. The van der Waals surface area contributed by atoms with Crippen LogP contribution < -0.4 is 5.32 Å². The molecule has 5 heteroatoms. The molecule has 0 spiro atoms. The first kappa shape index (κ1) is 15.2. The fourth-order valence-corrected chi connectivity index (χ4v) is 3.13. The molecule has 0 unspecified atom stereocenters. The summed E-state index contributed by atoms with van der Waals surface area (Å²) in [7, 11) is 0. The highest BCUT2D eigenvalue weighted by atomic mass is 79.9. The minimum atomic E-state index is -0.0757. The Morgan fingerprint density at radius 2 is 1.85 bits per heavy atom. The number of rotatable bonds is 6. The van der Waals surface area contributed by atoms with Crippen molar-refractivity contribution in [3.63, 3.8) is 0 Å². The molecule has 1 amide bonds. The lowest BCUT2D eigenvalue weighted by Crippen LogP contribution is -2.05. The predicted octanol–water partition coefficient (Wildman–Crippen LogP) is 3.82. The van der Waals surface area contributed by atoms with Gasteiger partial charge in [-0.05, 0) is 30.4 Å². The lowest BCUT2D eigenvalue weighted by Gasteiger charge is -2.02. The Hall–Kier alpha value is -1.20.